The Morgan fingerprint density at radius 1 is 1.30 bits per heavy atom. The van der Waals surface area contributed by atoms with Crippen LogP contribution in [0, 0.1) is 6.92 Å². The number of hydrogen-bond donors (Lipinski definition) is 3. The summed E-state index contributed by atoms with van der Waals surface area (Å²) in [6.07, 6.45) is 0. The molecule has 0 amide bonds. The fourth-order valence-corrected chi connectivity index (χ4v) is 0.593. The SMILES string of the molecule is Cc1[nH]c(=O)[nH]c(=O)c1O. The standard InChI is InChI=1S/C5H6N2O3/c1-2-3(8)4(9)7-5(10)6-2/h8H,1H3,(H2,6,7,9,10). The maximum Gasteiger partial charge on any atom is 0.326 e. The average Bonchev–Trinajstić information content (AvgIpc) is 1.82. The molecule has 0 atom stereocenters. The van der Waals surface area contributed by atoms with E-state index in [1.165, 1.54) is 6.92 Å². The second kappa shape index (κ2) is 2.02. The van der Waals surface area contributed by atoms with E-state index in [9.17, 15) is 9.59 Å². The first-order chi connectivity index (χ1) is 4.61. The maximum absolute atomic E-state index is 10.5. The van der Waals surface area contributed by atoms with Crippen molar-refractivity contribution in [2.45, 2.75) is 6.92 Å². The zero-order chi connectivity index (χ0) is 7.72. The number of nitrogens with one attached hydrogen (secondary N) is 2. The Bertz CT molecular complexity index is 349. The fourth-order valence-electron chi connectivity index (χ4n) is 0.593. The minimum Gasteiger partial charge on any atom is -0.502 e. The Hall–Kier alpha value is -1.52. The molecule has 0 bridgehead atoms. The number of rotatable bonds is 0. The maximum atomic E-state index is 10.5. The van der Waals surface area contributed by atoms with Crippen molar-refractivity contribution in [3.8, 4) is 5.75 Å². The highest BCUT2D eigenvalue weighted by atomic mass is 16.3. The lowest BCUT2D eigenvalue weighted by Gasteiger charge is -1.92. The summed E-state index contributed by atoms with van der Waals surface area (Å²) in [5.41, 5.74) is -1.20. The van der Waals surface area contributed by atoms with Crippen LogP contribution in [-0.2, 0) is 0 Å². The molecule has 1 heterocycles. The molecular formula is C5H6N2O3. The van der Waals surface area contributed by atoms with Gasteiger partial charge in [0.05, 0.1) is 5.69 Å². The van der Waals surface area contributed by atoms with Crippen LogP contribution >= 0.6 is 0 Å². The Morgan fingerprint density at radius 2 is 1.90 bits per heavy atom. The second-order valence-corrected chi connectivity index (χ2v) is 1.88. The first kappa shape index (κ1) is 6.60. The average molecular weight is 142 g/mol. The molecule has 0 aliphatic carbocycles. The van der Waals surface area contributed by atoms with Crippen molar-refractivity contribution in [2.75, 3.05) is 0 Å². The minimum atomic E-state index is -0.763. The fraction of sp³-hybridized carbons (Fsp3) is 0.200. The van der Waals surface area contributed by atoms with Gasteiger partial charge < -0.3 is 10.1 Å². The van der Waals surface area contributed by atoms with Crippen molar-refractivity contribution in [3.05, 3.63) is 26.5 Å². The quantitative estimate of drug-likeness (QED) is 0.437. The van der Waals surface area contributed by atoms with Crippen LogP contribution in [0.3, 0.4) is 0 Å². The van der Waals surface area contributed by atoms with E-state index in [-0.39, 0.29) is 5.69 Å². The topological polar surface area (TPSA) is 86.0 Å². The Kier molecular flexibility index (Phi) is 1.33. The van der Waals surface area contributed by atoms with Crippen LogP contribution < -0.4 is 11.2 Å². The summed E-state index contributed by atoms with van der Waals surface area (Å²) in [7, 11) is 0. The van der Waals surface area contributed by atoms with E-state index in [4.69, 9.17) is 5.11 Å². The van der Waals surface area contributed by atoms with Gasteiger partial charge >= 0.3 is 5.69 Å². The largest absolute Gasteiger partial charge is 0.502 e. The summed E-state index contributed by atoms with van der Waals surface area (Å²) in [5, 5.41) is 8.82. The smallest absolute Gasteiger partial charge is 0.326 e. The van der Waals surface area contributed by atoms with Crippen LogP contribution in [0.25, 0.3) is 0 Å². The molecule has 1 aromatic heterocycles. The van der Waals surface area contributed by atoms with E-state index in [0.29, 0.717) is 0 Å². The van der Waals surface area contributed by atoms with E-state index in [1.807, 2.05) is 4.98 Å². The number of aromatic nitrogens is 2. The molecule has 0 fully saturated rings. The molecule has 3 N–H and O–H groups in total. The van der Waals surface area contributed by atoms with Crippen LogP contribution in [0.4, 0.5) is 0 Å². The Labute approximate surface area is 55.4 Å². The molecule has 0 aliphatic heterocycles. The van der Waals surface area contributed by atoms with Crippen LogP contribution in [0.2, 0.25) is 0 Å². The third-order valence-electron chi connectivity index (χ3n) is 1.10. The van der Waals surface area contributed by atoms with E-state index >= 15 is 0 Å². The third-order valence-corrected chi connectivity index (χ3v) is 1.10. The molecular weight excluding hydrogens is 136 g/mol. The van der Waals surface area contributed by atoms with Gasteiger partial charge in [-0.1, -0.05) is 0 Å². The van der Waals surface area contributed by atoms with Crippen molar-refractivity contribution < 1.29 is 5.11 Å². The van der Waals surface area contributed by atoms with Gasteiger partial charge in [-0.3, -0.25) is 9.78 Å². The summed E-state index contributed by atoms with van der Waals surface area (Å²) in [6, 6.07) is 0. The number of aromatic hydroxyl groups is 1. The predicted molar refractivity (Wildman–Crippen MR) is 34.1 cm³/mol. The number of H-pyrrole nitrogens is 2. The van der Waals surface area contributed by atoms with Gasteiger partial charge in [0, 0.05) is 0 Å². The van der Waals surface area contributed by atoms with Gasteiger partial charge in [0.2, 0.25) is 5.75 Å². The number of aromatic amines is 2. The zero-order valence-corrected chi connectivity index (χ0v) is 5.26. The number of hydrogen-bond acceptors (Lipinski definition) is 3. The van der Waals surface area contributed by atoms with Crippen molar-refractivity contribution in [1.29, 1.82) is 0 Å². The molecule has 1 rings (SSSR count). The van der Waals surface area contributed by atoms with Gasteiger partial charge in [-0.05, 0) is 6.92 Å². The molecule has 5 nitrogen and oxygen atoms in total. The summed E-state index contributed by atoms with van der Waals surface area (Å²) in [4.78, 5) is 25.1. The molecule has 0 aromatic carbocycles. The lowest BCUT2D eigenvalue weighted by atomic mass is 10.4. The second-order valence-electron chi connectivity index (χ2n) is 1.88. The van der Waals surface area contributed by atoms with Crippen LogP contribution in [0.15, 0.2) is 9.59 Å². The van der Waals surface area contributed by atoms with Crippen LogP contribution in [0.1, 0.15) is 5.69 Å². The summed E-state index contributed by atoms with van der Waals surface area (Å²) in [6.45, 7) is 1.44. The molecule has 0 radical (unpaired) electrons. The van der Waals surface area contributed by atoms with E-state index < -0.39 is 17.0 Å². The van der Waals surface area contributed by atoms with Crippen molar-refractivity contribution in [3.63, 3.8) is 0 Å². The lowest BCUT2D eigenvalue weighted by molar-refractivity contribution is 0.457. The molecule has 0 unspecified atom stereocenters. The summed E-state index contributed by atoms with van der Waals surface area (Å²) in [5.74, 6) is -0.445. The highest BCUT2D eigenvalue weighted by molar-refractivity contribution is 5.19. The van der Waals surface area contributed by atoms with E-state index in [2.05, 4.69) is 4.98 Å². The van der Waals surface area contributed by atoms with E-state index in [0.717, 1.165) is 0 Å². The third kappa shape index (κ3) is 0.928. The van der Waals surface area contributed by atoms with Gasteiger partial charge in [-0.15, -0.1) is 0 Å². The summed E-state index contributed by atoms with van der Waals surface area (Å²) >= 11 is 0. The van der Waals surface area contributed by atoms with Gasteiger partial charge in [0.15, 0.2) is 0 Å². The Balaban J connectivity index is 3.62. The molecule has 5 heteroatoms. The zero-order valence-electron chi connectivity index (χ0n) is 5.26. The number of aryl methyl sites for hydroxylation is 1. The minimum absolute atomic E-state index is 0.175. The molecule has 0 saturated heterocycles. The highest BCUT2D eigenvalue weighted by Crippen LogP contribution is 1.99. The first-order valence-electron chi connectivity index (χ1n) is 2.63. The van der Waals surface area contributed by atoms with Crippen molar-refractivity contribution >= 4 is 0 Å². The van der Waals surface area contributed by atoms with Gasteiger partial charge in [0.25, 0.3) is 5.56 Å². The van der Waals surface area contributed by atoms with Gasteiger partial charge in [-0.2, -0.15) is 0 Å². The summed E-state index contributed by atoms with van der Waals surface area (Å²) < 4.78 is 0. The molecule has 54 valence electrons. The van der Waals surface area contributed by atoms with Gasteiger partial charge in [-0.25, -0.2) is 4.79 Å². The monoisotopic (exact) mass is 142 g/mol. The van der Waals surface area contributed by atoms with Crippen molar-refractivity contribution in [1.82, 2.24) is 9.97 Å². The molecule has 10 heavy (non-hydrogen) atoms. The molecule has 1 aromatic rings. The highest BCUT2D eigenvalue weighted by Gasteiger charge is 2.00. The normalized spacial score (nSPS) is 9.70. The van der Waals surface area contributed by atoms with Gasteiger partial charge in [0.1, 0.15) is 0 Å². The molecule has 0 aliphatic rings. The lowest BCUT2D eigenvalue weighted by Crippen LogP contribution is -2.22. The molecule has 0 spiro atoms. The predicted octanol–water partition coefficient (Wildman–Crippen LogP) is -0.923. The Morgan fingerprint density at radius 3 is 2.40 bits per heavy atom. The van der Waals surface area contributed by atoms with Crippen LogP contribution in [0.5, 0.6) is 5.75 Å². The van der Waals surface area contributed by atoms with E-state index in [1.54, 1.807) is 0 Å². The van der Waals surface area contributed by atoms with Crippen LogP contribution in [-0.4, -0.2) is 15.1 Å². The van der Waals surface area contributed by atoms with Crippen molar-refractivity contribution in [2.24, 2.45) is 0 Å². The first-order valence-corrected chi connectivity index (χ1v) is 2.63. The molecule has 0 saturated carbocycles.